The van der Waals surface area contributed by atoms with Gasteiger partial charge in [-0.3, -0.25) is 0 Å². The van der Waals surface area contributed by atoms with Crippen LogP contribution in [0.2, 0.25) is 0 Å². The van der Waals surface area contributed by atoms with Crippen LogP contribution >= 0.6 is 0 Å². The first-order valence-corrected chi connectivity index (χ1v) is 7.73. The van der Waals surface area contributed by atoms with Crippen LogP contribution in [-0.2, 0) is 18.3 Å². The van der Waals surface area contributed by atoms with Crippen LogP contribution in [0.3, 0.4) is 0 Å². The van der Waals surface area contributed by atoms with Gasteiger partial charge in [0, 0.05) is 17.5 Å². The second kappa shape index (κ2) is 4.82. The molecule has 3 N–H and O–H groups in total. The molecule has 2 aliphatic rings. The number of rotatable bonds is 2. The van der Waals surface area contributed by atoms with Crippen molar-refractivity contribution in [3.63, 3.8) is 0 Å². The van der Waals surface area contributed by atoms with Crippen LogP contribution in [0.1, 0.15) is 60.8 Å². The van der Waals surface area contributed by atoms with E-state index in [9.17, 15) is 5.11 Å². The highest BCUT2D eigenvalue weighted by Crippen LogP contribution is 2.48. The number of nitrogens with two attached hydrogens (primary N) is 1. The standard InChI is InChI=1S/C17H25NO/c1-12-10-15(19)16(14-7-3-2-6-13(12)14)17(11-18)8-4-5-9-17/h10,19H,2-9,11,18H2,1H3. The molecule has 0 atom stereocenters. The Hall–Kier alpha value is -1.02. The molecule has 1 fully saturated rings. The molecule has 1 aromatic carbocycles. The number of aromatic hydroxyl groups is 1. The second-order valence-corrected chi connectivity index (χ2v) is 6.44. The van der Waals surface area contributed by atoms with E-state index >= 15 is 0 Å². The van der Waals surface area contributed by atoms with Gasteiger partial charge < -0.3 is 10.8 Å². The monoisotopic (exact) mass is 259 g/mol. The molecule has 3 rings (SSSR count). The molecule has 0 aliphatic heterocycles. The quantitative estimate of drug-likeness (QED) is 0.855. The van der Waals surface area contributed by atoms with Crippen LogP contribution in [0.15, 0.2) is 6.07 Å². The van der Waals surface area contributed by atoms with Gasteiger partial charge in [0.05, 0.1) is 0 Å². The topological polar surface area (TPSA) is 46.2 Å². The minimum atomic E-state index is 0.0548. The van der Waals surface area contributed by atoms with Gasteiger partial charge in [-0.1, -0.05) is 12.8 Å². The molecule has 2 heteroatoms. The number of hydrogen-bond acceptors (Lipinski definition) is 2. The Balaban J connectivity index is 2.19. The molecule has 0 saturated heterocycles. The van der Waals surface area contributed by atoms with E-state index in [1.165, 1.54) is 54.4 Å². The summed E-state index contributed by atoms with van der Waals surface area (Å²) in [5.74, 6) is 0.505. The first-order chi connectivity index (χ1) is 9.18. The fourth-order valence-electron chi connectivity index (χ4n) is 4.34. The molecule has 2 nitrogen and oxygen atoms in total. The van der Waals surface area contributed by atoms with Gasteiger partial charge in [0.25, 0.3) is 0 Å². The molecule has 0 unspecified atom stereocenters. The molecule has 1 saturated carbocycles. The molecule has 0 heterocycles. The highest BCUT2D eigenvalue weighted by atomic mass is 16.3. The Morgan fingerprint density at radius 1 is 1.11 bits per heavy atom. The lowest BCUT2D eigenvalue weighted by Gasteiger charge is -2.34. The predicted octanol–water partition coefficient (Wildman–Crippen LogP) is 3.35. The fourth-order valence-corrected chi connectivity index (χ4v) is 4.34. The maximum Gasteiger partial charge on any atom is 0.119 e. The van der Waals surface area contributed by atoms with Crippen LogP contribution in [0, 0.1) is 6.92 Å². The van der Waals surface area contributed by atoms with Gasteiger partial charge in [0.15, 0.2) is 0 Å². The molecule has 104 valence electrons. The van der Waals surface area contributed by atoms with E-state index in [4.69, 9.17) is 5.73 Å². The Morgan fingerprint density at radius 3 is 2.37 bits per heavy atom. The van der Waals surface area contributed by atoms with E-state index in [1.807, 2.05) is 6.07 Å². The minimum Gasteiger partial charge on any atom is -0.508 e. The average molecular weight is 259 g/mol. The predicted molar refractivity (Wildman–Crippen MR) is 78.7 cm³/mol. The summed E-state index contributed by atoms with van der Waals surface area (Å²) in [4.78, 5) is 0. The molecule has 0 amide bonds. The zero-order valence-electron chi connectivity index (χ0n) is 12.0. The largest absolute Gasteiger partial charge is 0.508 e. The van der Waals surface area contributed by atoms with Gasteiger partial charge in [-0.15, -0.1) is 0 Å². The molecule has 2 aliphatic carbocycles. The Bertz CT molecular complexity index is 487. The summed E-state index contributed by atoms with van der Waals surface area (Å²) in [6.45, 7) is 2.81. The summed E-state index contributed by atoms with van der Waals surface area (Å²) in [5.41, 5.74) is 11.6. The van der Waals surface area contributed by atoms with Gasteiger partial charge in [-0.25, -0.2) is 0 Å². The van der Waals surface area contributed by atoms with Crippen molar-refractivity contribution < 1.29 is 5.11 Å². The summed E-state index contributed by atoms with van der Waals surface area (Å²) in [5, 5.41) is 10.5. The minimum absolute atomic E-state index is 0.0548. The molecular weight excluding hydrogens is 234 g/mol. The van der Waals surface area contributed by atoms with Crippen molar-refractivity contribution in [3.8, 4) is 5.75 Å². The van der Waals surface area contributed by atoms with Crippen molar-refractivity contribution in [2.75, 3.05) is 6.54 Å². The summed E-state index contributed by atoms with van der Waals surface area (Å²) in [6, 6.07) is 1.98. The Morgan fingerprint density at radius 2 is 1.74 bits per heavy atom. The Labute approximate surface area is 116 Å². The maximum atomic E-state index is 10.5. The van der Waals surface area contributed by atoms with Crippen LogP contribution in [0.25, 0.3) is 0 Å². The first kappa shape index (κ1) is 13.0. The molecule has 0 spiro atoms. The third-order valence-electron chi connectivity index (χ3n) is 5.34. The normalized spacial score (nSPS) is 21.4. The van der Waals surface area contributed by atoms with E-state index in [1.54, 1.807) is 0 Å². The highest BCUT2D eigenvalue weighted by molar-refractivity contribution is 5.54. The number of fused-ring (bicyclic) bond motifs is 1. The molecular formula is C17H25NO. The van der Waals surface area contributed by atoms with E-state index in [0.29, 0.717) is 12.3 Å². The number of phenolic OH excluding ortho intramolecular Hbond substituents is 1. The molecule has 0 aromatic heterocycles. The Kier molecular flexibility index (Phi) is 3.30. The second-order valence-electron chi connectivity index (χ2n) is 6.44. The summed E-state index contributed by atoms with van der Waals surface area (Å²) < 4.78 is 0. The van der Waals surface area contributed by atoms with E-state index < -0.39 is 0 Å². The third-order valence-corrected chi connectivity index (χ3v) is 5.34. The number of aryl methyl sites for hydroxylation is 1. The van der Waals surface area contributed by atoms with Gasteiger partial charge in [-0.05, 0) is 68.2 Å². The van der Waals surface area contributed by atoms with Crippen LogP contribution in [-0.4, -0.2) is 11.7 Å². The van der Waals surface area contributed by atoms with Crippen molar-refractivity contribution in [1.29, 1.82) is 0 Å². The smallest absolute Gasteiger partial charge is 0.119 e. The zero-order chi connectivity index (χ0) is 13.5. The first-order valence-electron chi connectivity index (χ1n) is 7.73. The van der Waals surface area contributed by atoms with Crippen molar-refractivity contribution in [3.05, 3.63) is 28.3 Å². The highest BCUT2D eigenvalue weighted by Gasteiger charge is 2.39. The fraction of sp³-hybridized carbons (Fsp3) is 0.647. The summed E-state index contributed by atoms with van der Waals surface area (Å²) in [7, 11) is 0. The number of phenols is 1. The average Bonchev–Trinajstić information content (AvgIpc) is 2.89. The molecule has 0 radical (unpaired) electrons. The third kappa shape index (κ3) is 1.97. The summed E-state index contributed by atoms with van der Waals surface area (Å²) >= 11 is 0. The van der Waals surface area contributed by atoms with Gasteiger partial charge in [-0.2, -0.15) is 0 Å². The molecule has 1 aromatic rings. The van der Waals surface area contributed by atoms with Gasteiger partial charge >= 0.3 is 0 Å². The lowest BCUT2D eigenvalue weighted by Crippen LogP contribution is -2.34. The molecule has 19 heavy (non-hydrogen) atoms. The van der Waals surface area contributed by atoms with E-state index in [-0.39, 0.29) is 5.41 Å². The van der Waals surface area contributed by atoms with Crippen molar-refractivity contribution >= 4 is 0 Å². The van der Waals surface area contributed by atoms with Crippen molar-refractivity contribution in [1.82, 2.24) is 0 Å². The van der Waals surface area contributed by atoms with Crippen molar-refractivity contribution in [2.24, 2.45) is 5.73 Å². The van der Waals surface area contributed by atoms with Crippen molar-refractivity contribution in [2.45, 2.75) is 63.7 Å². The van der Waals surface area contributed by atoms with E-state index in [0.717, 1.165) is 19.3 Å². The number of hydrogen-bond donors (Lipinski definition) is 2. The van der Waals surface area contributed by atoms with Crippen LogP contribution in [0.5, 0.6) is 5.75 Å². The van der Waals surface area contributed by atoms with Crippen LogP contribution < -0.4 is 5.73 Å². The lowest BCUT2D eigenvalue weighted by atomic mass is 9.72. The van der Waals surface area contributed by atoms with Crippen LogP contribution in [0.4, 0.5) is 0 Å². The zero-order valence-corrected chi connectivity index (χ0v) is 12.0. The number of benzene rings is 1. The lowest BCUT2D eigenvalue weighted by molar-refractivity contribution is 0.399. The van der Waals surface area contributed by atoms with Gasteiger partial charge in [0.2, 0.25) is 0 Å². The van der Waals surface area contributed by atoms with E-state index in [2.05, 4.69) is 6.92 Å². The summed E-state index contributed by atoms with van der Waals surface area (Å²) in [6.07, 6.45) is 9.63. The maximum absolute atomic E-state index is 10.5. The van der Waals surface area contributed by atoms with Gasteiger partial charge in [0.1, 0.15) is 5.75 Å². The molecule has 0 bridgehead atoms. The SMILES string of the molecule is Cc1cc(O)c(C2(CN)CCCC2)c2c1CCCC2.